The van der Waals surface area contributed by atoms with Gasteiger partial charge in [0.2, 0.25) is 11.8 Å². The molecule has 2 aliphatic heterocycles. The SMILES string of the molecule is Cc1noc(C)c1CC(=O)N1CC(CCC(=O)N2CCCC2)C2(CCCCC2)C1. The first kappa shape index (κ1) is 20.4. The van der Waals surface area contributed by atoms with Crippen LogP contribution in [-0.4, -0.2) is 52.9 Å². The van der Waals surface area contributed by atoms with Crippen LogP contribution in [0, 0.1) is 25.2 Å². The van der Waals surface area contributed by atoms with Crippen LogP contribution in [0.2, 0.25) is 0 Å². The van der Waals surface area contributed by atoms with E-state index in [2.05, 4.69) is 10.1 Å². The van der Waals surface area contributed by atoms with Crippen LogP contribution in [0.25, 0.3) is 0 Å². The van der Waals surface area contributed by atoms with Crippen LogP contribution in [-0.2, 0) is 16.0 Å². The molecule has 3 heterocycles. The van der Waals surface area contributed by atoms with Gasteiger partial charge in [0.05, 0.1) is 12.1 Å². The fraction of sp³-hybridized carbons (Fsp3) is 0.783. The quantitative estimate of drug-likeness (QED) is 0.755. The van der Waals surface area contributed by atoms with Gasteiger partial charge in [-0.3, -0.25) is 9.59 Å². The highest BCUT2D eigenvalue weighted by molar-refractivity contribution is 5.80. The highest BCUT2D eigenvalue weighted by Crippen LogP contribution is 2.49. The van der Waals surface area contributed by atoms with Crippen molar-refractivity contribution in [1.82, 2.24) is 15.0 Å². The third kappa shape index (κ3) is 4.22. The zero-order valence-corrected chi connectivity index (χ0v) is 18.0. The molecule has 4 rings (SSSR count). The van der Waals surface area contributed by atoms with Gasteiger partial charge in [0.1, 0.15) is 5.76 Å². The van der Waals surface area contributed by atoms with Gasteiger partial charge in [-0.1, -0.05) is 24.4 Å². The first-order chi connectivity index (χ1) is 14.0. The molecule has 1 spiro atoms. The van der Waals surface area contributed by atoms with E-state index in [4.69, 9.17) is 4.52 Å². The molecule has 6 nitrogen and oxygen atoms in total. The van der Waals surface area contributed by atoms with Gasteiger partial charge < -0.3 is 14.3 Å². The number of hydrogen-bond acceptors (Lipinski definition) is 4. The summed E-state index contributed by atoms with van der Waals surface area (Å²) in [7, 11) is 0. The summed E-state index contributed by atoms with van der Waals surface area (Å²) >= 11 is 0. The predicted octanol–water partition coefficient (Wildman–Crippen LogP) is 3.65. The van der Waals surface area contributed by atoms with E-state index in [-0.39, 0.29) is 11.3 Å². The smallest absolute Gasteiger partial charge is 0.227 e. The van der Waals surface area contributed by atoms with Gasteiger partial charge in [-0.25, -0.2) is 0 Å². The average Bonchev–Trinajstić information content (AvgIpc) is 3.44. The lowest BCUT2D eigenvalue weighted by molar-refractivity contribution is -0.130. The molecule has 1 atom stereocenters. The molecule has 6 heteroatoms. The van der Waals surface area contributed by atoms with Gasteiger partial charge in [0.15, 0.2) is 0 Å². The Labute approximate surface area is 174 Å². The molecule has 1 unspecified atom stereocenters. The predicted molar refractivity (Wildman–Crippen MR) is 110 cm³/mol. The van der Waals surface area contributed by atoms with Crippen molar-refractivity contribution in [1.29, 1.82) is 0 Å². The molecule has 3 aliphatic rings. The summed E-state index contributed by atoms with van der Waals surface area (Å²) < 4.78 is 5.24. The Bertz CT molecular complexity index is 725. The molecular weight excluding hydrogens is 366 g/mol. The van der Waals surface area contributed by atoms with E-state index < -0.39 is 0 Å². The van der Waals surface area contributed by atoms with Crippen LogP contribution in [0.1, 0.15) is 74.8 Å². The Balaban J connectivity index is 1.42. The lowest BCUT2D eigenvalue weighted by Gasteiger charge is -2.38. The van der Waals surface area contributed by atoms with Gasteiger partial charge in [-0.2, -0.15) is 0 Å². The van der Waals surface area contributed by atoms with E-state index in [1.807, 2.05) is 18.7 Å². The van der Waals surface area contributed by atoms with Gasteiger partial charge >= 0.3 is 0 Å². The van der Waals surface area contributed by atoms with Gasteiger partial charge in [0, 0.05) is 38.2 Å². The van der Waals surface area contributed by atoms with Crippen LogP contribution in [0.5, 0.6) is 0 Å². The maximum absolute atomic E-state index is 13.1. The Hall–Kier alpha value is -1.85. The van der Waals surface area contributed by atoms with Gasteiger partial charge in [-0.15, -0.1) is 0 Å². The van der Waals surface area contributed by atoms with Crippen molar-refractivity contribution in [3.63, 3.8) is 0 Å². The van der Waals surface area contributed by atoms with E-state index in [0.29, 0.717) is 24.7 Å². The van der Waals surface area contributed by atoms with E-state index in [0.717, 1.165) is 62.5 Å². The fourth-order valence-electron chi connectivity index (χ4n) is 5.88. The molecule has 2 saturated heterocycles. The minimum Gasteiger partial charge on any atom is -0.361 e. The van der Waals surface area contributed by atoms with Crippen LogP contribution in [0.4, 0.5) is 0 Å². The summed E-state index contributed by atoms with van der Waals surface area (Å²) in [6.45, 7) is 7.29. The number of likely N-dealkylation sites (tertiary alicyclic amines) is 2. The number of aryl methyl sites for hydroxylation is 2. The Morgan fingerprint density at radius 3 is 2.41 bits per heavy atom. The molecule has 160 valence electrons. The largest absolute Gasteiger partial charge is 0.361 e. The normalized spacial score (nSPS) is 23.9. The molecule has 1 aromatic rings. The van der Waals surface area contributed by atoms with Crippen LogP contribution >= 0.6 is 0 Å². The summed E-state index contributed by atoms with van der Waals surface area (Å²) in [4.78, 5) is 29.8. The number of carbonyl (C=O) groups excluding carboxylic acids is 2. The Morgan fingerprint density at radius 1 is 1.03 bits per heavy atom. The van der Waals surface area contributed by atoms with Gasteiger partial charge in [0.25, 0.3) is 0 Å². The van der Waals surface area contributed by atoms with Crippen LogP contribution in [0.3, 0.4) is 0 Å². The molecule has 0 radical (unpaired) electrons. The van der Waals surface area contributed by atoms with Crippen molar-refractivity contribution in [3.8, 4) is 0 Å². The molecule has 29 heavy (non-hydrogen) atoms. The molecule has 2 amide bonds. The molecule has 1 aliphatic carbocycles. The second-order valence-electron chi connectivity index (χ2n) is 9.50. The summed E-state index contributed by atoms with van der Waals surface area (Å²) in [5, 5.41) is 3.99. The molecule has 1 saturated carbocycles. The lowest BCUT2D eigenvalue weighted by atomic mass is 9.66. The zero-order chi connectivity index (χ0) is 20.4. The second-order valence-corrected chi connectivity index (χ2v) is 9.50. The molecule has 0 N–H and O–H groups in total. The third-order valence-electron chi connectivity index (χ3n) is 7.69. The molecule has 0 bridgehead atoms. The van der Waals surface area contributed by atoms with Crippen molar-refractivity contribution < 1.29 is 14.1 Å². The van der Waals surface area contributed by atoms with E-state index >= 15 is 0 Å². The Morgan fingerprint density at radius 2 is 1.76 bits per heavy atom. The summed E-state index contributed by atoms with van der Waals surface area (Å²) in [6.07, 6.45) is 10.4. The first-order valence-electron chi connectivity index (χ1n) is 11.5. The van der Waals surface area contributed by atoms with Crippen molar-refractivity contribution in [2.24, 2.45) is 11.3 Å². The lowest BCUT2D eigenvalue weighted by Crippen LogP contribution is -2.35. The van der Waals surface area contributed by atoms with Crippen molar-refractivity contribution in [3.05, 3.63) is 17.0 Å². The standard InChI is InChI=1S/C23H35N3O3/c1-17-20(18(2)29-24-17)14-22(28)26-15-19(23(16-26)10-4-3-5-11-23)8-9-21(27)25-12-6-7-13-25/h19H,3-16H2,1-2H3. The molecule has 3 fully saturated rings. The monoisotopic (exact) mass is 401 g/mol. The molecule has 1 aromatic heterocycles. The number of carbonyl (C=O) groups is 2. The molecule has 0 aromatic carbocycles. The minimum atomic E-state index is 0.178. The number of hydrogen-bond donors (Lipinski definition) is 0. The van der Waals surface area contributed by atoms with Gasteiger partial charge in [-0.05, 0) is 57.3 Å². The van der Waals surface area contributed by atoms with E-state index in [1.54, 1.807) is 0 Å². The van der Waals surface area contributed by atoms with Crippen molar-refractivity contribution in [2.45, 2.75) is 78.1 Å². The maximum Gasteiger partial charge on any atom is 0.227 e. The van der Waals surface area contributed by atoms with Crippen molar-refractivity contribution in [2.75, 3.05) is 26.2 Å². The first-order valence-corrected chi connectivity index (χ1v) is 11.5. The minimum absolute atomic E-state index is 0.178. The third-order valence-corrected chi connectivity index (χ3v) is 7.69. The summed E-state index contributed by atoms with van der Waals surface area (Å²) in [5.41, 5.74) is 1.97. The fourth-order valence-corrected chi connectivity index (χ4v) is 5.88. The zero-order valence-electron chi connectivity index (χ0n) is 18.0. The van der Waals surface area contributed by atoms with E-state index in [9.17, 15) is 9.59 Å². The van der Waals surface area contributed by atoms with Crippen LogP contribution < -0.4 is 0 Å². The highest BCUT2D eigenvalue weighted by atomic mass is 16.5. The number of aromatic nitrogens is 1. The number of nitrogens with zero attached hydrogens (tertiary/aromatic N) is 3. The average molecular weight is 402 g/mol. The molecular formula is C23H35N3O3. The highest BCUT2D eigenvalue weighted by Gasteiger charge is 2.47. The number of rotatable bonds is 5. The summed E-state index contributed by atoms with van der Waals surface area (Å²) in [6, 6.07) is 0. The number of amides is 2. The van der Waals surface area contributed by atoms with Crippen LogP contribution in [0.15, 0.2) is 4.52 Å². The summed E-state index contributed by atoms with van der Waals surface area (Å²) in [5.74, 6) is 1.69. The van der Waals surface area contributed by atoms with Crippen molar-refractivity contribution >= 4 is 11.8 Å². The van der Waals surface area contributed by atoms with E-state index in [1.165, 1.54) is 32.1 Å². The maximum atomic E-state index is 13.1. The second kappa shape index (κ2) is 8.49. The topological polar surface area (TPSA) is 66.7 Å². The Kier molecular flexibility index (Phi) is 5.98.